The Bertz CT molecular complexity index is 791. The number of benzene rings is 2. The summed E-state index contributed by atoms with van der Waals surface area (Å²) in [7, 11) is 1.63. The van der Waals surface area contributed by atoms with Crippen molar-refractivity contribution in [1.82, 2.24) is 0 Å². The summed E-state index contributed by atoms with van der Waals surface area (Å²) in [5.74, 6) is 1.59. The lowest BCUT2D eigenvalue weighted by Gasteiger charge is -2.40. The Morgan fingerprint density at radius 2 is 1.85 bits per heavy atom. The van der Waals surface area contributed by atoms with Gasteiger partial charge in [0.25, 0.3) is 0 Å². The van der Waals surface area contributed by atoms with Crippen LogP contribution in [0.15, 0.2) is 36.4 Å². The third-order valence-corrected chi connectivity index (χ3v) is 6.11. The summed E-state index contributed by atoms with van der Waals surface area (Å²) in [5, 5.41) is 0. The van der Waals surface area contributed by atoms with Crippen LogP contribution in [0.3, 0.4) is 0 Å². The van der Waals surface area contributed by atoms with Gasteiger partial charge in [0.2, 0.25) is 0 Å². The first-order valence-corrected chi connectivity index (χ1v) is 10.3. The topological polar surface area (TPSA) is 9.23 Å². The predicted octanol–water partition coefficient (Wildman–Crippen LogP) is 7.38. The number of methoxy groups -OCH3 is 1. The number of hydrogen-bond donors (Lipinski definition) is 0. The van der Waals surface area contributed by atoms with E-state index in [1.54, 1.807) is 13.2 Å². The molecule has 3 rings (SSSR count). The Hall–Kier alpha value is -1.83. The molecule has 0 radical (unpaired) electrons. The van der Waals surface area contributed by atoms with Crippen LogP contribution in [0.1, 0.15) is 70.4 Å². The van der Waals surface area contributed by atoms with E-state index in [1.807, 2.05) is 6.07 Å². The zero-order valence-electron chi connectivity index (χ0n) is 17.4. The number of rotatable bonds is 5. The molecule has 0 N–H and O–H groups in total. The minimum Gasteiger partial charge on any atom is -0.497 e. The van der Waals surface area contributed by atoms with Crippen molar-refractivity contribution >= 4 is 0 Å². The molecule has 2 aromatic rings. The Kier molecular flexibility index (Phi) is 5.93. The predicted molar refractivity (Wildman–Crippen MR) is 112 cm³/mol. The molecule has 0 aromatic heterocycles. The maximum atomic E-state index is 14.8. The molecule has 0 bridgehead atoms. The summed E-state index contributed by atoms with van der Waals surface area (Å²) in [6.45, 7) is 9.25. The summed E-state index contributed by atoms with van der Waals surface area (Å²) in [6, 6.07) is 11.7. The van der Waals surface area contributed by atoms with Crippen molar-refractivity contribution < 1.29 is 9.13 Å². The van der Waals surface area contributed by atoms with E-state index >= 15 is 0 Å². The first-order chi connectivity index (χ1) is 12.8. The summed E-state index contributed by atoms with van der Waals surface area (Å²) in [5.41, 5.74) is 4.58. The average molecular weight is 369 g/mol. The monoisotopic (exact) mass is 368 g/mol. The largest absolute Gasteiger partial charge is 0.497 e. The van der Waals surface area contributed by atoms with Crippen molar-refractivity contribution in [3.8, 4) is 16.9 Å². The van der Waals surface area contributed by atoms with E-state index < -0.39 is 0 Å². The Labute approximate surface area is 164 Å². The molecule has 0 unspecified atom stereocenters. The van der Waals surface area contributed by atoms with Gasteiger partial charge in [-0.25, -0.2) is 4.39 Å². The molecule has 0 saturated heterocycles. The fourth-order valence-corrected chi connectivity index (χ4v) is 4.65. The SMILES string of the molecule is COc1ccc(F)c(-c2ccc(CC(C)C)cc2[C@@H]2CCCCC2(C)C)c1. The zero-order valence-corrected chi connectivity index (χ0v) is 17.4. The Balaban J connectivity index is 2.16. The van der Waals surface area contributed by atoms with Crippen LogP contribution in [-0.4, -0.2) is 7.11 Å². The molecule has 0 amide bonds. The van der Waals surface area contributed by atoms with E-state index in [4.69, 9.17) is 4.74 Å². The van der Waals surface area contributed by atoms with E-state index in [0.717, 1.165) is 12.0 Å². The van der Waals surface area contributed by atoms with Crippen molar-refractivity contribution in [3.63, 3.8) is 0 Å². The molecule has 27 heavy (non-hydrogen) atoms. The molecule has 1 aliphatic carbocycles. The smallest absolute Gasteiger partial charge is 0.131 e. The summed E-state index contributed by atoms with van der Waals surface area (Å²) >= 11 is 0. The molecule has 1 saturated carbocycles. The van der Waals surface area contributed by atoms with E-state index in [9.17, 15) is 4.39 Å². The minimum atomic E-state index is -0.178. The van der Waals surface area contributed by atoms with Gasteiger partial charge in [0.1, 0.15) is 11.6 Å². The van der Waals surface area contributed by atoms with Crippen LogP contribution >= 0.6 is 0 Å². The standard InChI is InChI=1S/C25H33FO/c1-17(2)14-18-9-11-20(22-16-19(27-5)10-12-24(22)26)21(15-18)23-8-6-7-13-25(23,3)4/h9-12,15-17,23H,6-8,13-14H2,1-5H3/t23-/m0/s1. The van der Waals surface area contributed by atoms with Gasteiger partial charge >= 0.3 is 0 Å². The first kappa shape index (κ1) is 19.9. The average Bonchev–Trinajstić information content (AvgIpc) is 2.61. The highest BCUT2D eigenvalue weighted by Crippen LogP contribution is 2.49. The number of halogens is 1. The number of ether oxygens (including phenoxy) is 1. The van der Waals surface area contributed by atoms with Crippen LogP contribution in [0.2, 0.25) is 0 Å². The molecule has 1 nitrogen and oxygen atoms in total. The minimum absolute atomic E-state index is 0.178. The molecule has 1 atom stereocenters. The molecule has 146 valence electrons. The second-order valence-corrected chi connectivity index (χ2v) is 9.15. The highest BCUT2D eigenvalue weighted by Gasteiger charge is 2.35. The molecule has 0 heterocycles. The third kappa shape index (κ3) is 4.36. The van der Waals surface area contributed by atoms with Gasteiger partial charge in [-0.3, -0.25) is 0 Å². The van der Waals surface area contributed by atoms with Crippen molar-refractivity contribution in [2.75, 3.05) is 7.11 Å². The van der Waals surface area contributed by atoms with E-state index in [-0.39, 0.29) is 11.2 Å². The number of hydrogen-bond acceptors (Lipinski definition) is 1. The lowest BCUT2D eigenvalue weighted by molar-refractivity contribution is 0.200. The summed E-state index contributed by atoms with van der Waals surface area (Å²) in [4.78, 5) is 0. The molecule has 2 aromatic carbocycles. The van der Waals surface area contributed by atoms with Crippen LogP contribution in [0, 0.1) is 17.2 Å². The highest BCUT2D eigenvalue weighted by molar-refractivity contribution is 5.71. The lowest BCUT2D eigenvalue weighted by Crippen LogP contribution is -2.26. The second kappa shape index (κ2) is 8.04. The molecular weight excluding hydrogens is 335 g/mol. The van der Waals surface area contributed by atoms with Gasteiger partial charge in [-0.2, -0.15) is 0 Å². The van der Waals surface area contributed by atoms with Crippen molar-refractivity contribution in [3.05, 3.63) is 53.3 Å². The molecule has 0 aliphatic heterocycles. The van der Waals surface area contributed by atoms with E-state index in [0.29, 0.717) is 23.1 Å². The highest BCUT2D eigenvalue weighted by atomic mass is 19.1. The van der Waals surface area contributed by atoms with Crippen molar-refractivity contribution in [1.29, 1.82) is 0 Å². The molecule has 2 heteroatoms. The van der Waals surface area contributed by atoms with Gasteiger partial charge in [-0.15, -0.1) is 0 Å². The van der Waals surface area contributed by atoms with Crippen LogP contribution in [0.25, 0.3) is 11.1 Å². The maximum absolute atomic E-state index is 14.8. The zero-order chi connectivity index (χ0) is 19.6. The van der Waals surface area contributed by atoms with Crippen LogP contribution in [0.4, 0.5) is 4.39 Å². The second-order valence-electron chi connectivity index (χ2n) is 9.15. The third-order valence-electron chi connectivity index (χ3n) is 6.11. The van der Waals surface area contributed by atoms with E-state index in [2.05, 4.69) is 45.9 Å². The quantitative estimate of drug-likeness (QED) is 0.535. The van der Waals surface area contributed by atoms with Gasteiger partial charge in [-0.05, 0) is 71.4 Å². The van der Waals surface area contributed by atoms with Crippen molar-refractivity contribution in [2.45, 2.75) is 65.7 Å². The Morgan fingerprint density at radius 3 is 2.52 bits per heavy atom. The van der Waals surface area contributed by atoms with E-state index in [1.165, 1.54) is 42.9 Å². The fraction of sp³-hybridized carbons (Fsp3) is 0.520. The molecule has 0 spiro atoms. The van der Waals surface area contributed by atoms with Crippen molar-refractivity contribution in [2.24, 2.45) is 11.3 Å². The van der Waals surface area contributed by atoms with Crippen LogP contribution in [0.5, 0.6) is 5.75 Å². The first-order valence-electron chi connectivity index (χ1n) is 10.3. The lowest BCUT2D eigenvalue weighted by atomic mass is 9.65. The van der Waals surface area contributed by atoms with Gasteiger partial charge in [-0.1, -0.05) is 58.7 Å². The molecule has 1 aliphatic rings. The van der Waals surface area contributed by atoms with Gasteiger partial charge in [0.15, 0.2) is 0 Å². The van der Waals surface area contributed by atoms with Gasteiger partial charge in [0, 0.05) is 5.56 Å². The molecular formula is C25H33FO. The van der Waals surface area contributed by atoms with Crippen LogP contribution < -0.4 is 4.74 Å². The van der Waals surface area contributed by atoms with Crippen LogP contribution in [-0.2, 0) is 6.42 Å². The summed E-state index contributed by atoms with van der Waals surface area (Å²) < 4.78 is 20.2. The Morgan fingerprint density at radius 1 is 1.07 bits per heavy atom. The summed E-state index contributed by atoms with van der Waals surface area (Å²) in [6.07, 6.45) is 6.00. The normalized spacial score (nSPS) is 19.3. The van der Waals surface area contributed by atoms with Gasteiger partial charge in [0.05, 0.1) is 7.11 Å². The fourth-order valence-electron chi connectivity index (χ4n) is 4.65. The van der Waals surface area contributed by atoms with Gasteiger partial charge < -0.3 is 4.74 Å². The molecule has 1 fully saturated rings. The maximum Gasteiger partial charge on any atom is 0.131 e.